The van der Waals surface area contributed by atoms with E-state index in [0.717, 1.165) is 69.6 Å². The van der Waals surface area contributed by atoms with E-state index in [0.29, 0.717) is 5.92 Å². The Morgan fingerprint density at radius 1 is 1.21 bits per heavy atom. The highest BCUT2D eigenvalue weighted by Gasteiger charge is 2.19. The lowest BCUT2D eigenvalue weighted by Crippen LogP contribution is -2.47. The van der Waals surface area contributed by atoms with Gasteiger partial charge in [-0.25, -0.2) is 4.39 Å². The molecule has 0 amide bonds. The third-order valence-electron chi connectivity index (χ3n) is 5.96. The minimum absolute atomic E-state index is 0. The van der Waals surface area contributed by atoms with E-state index in [-0.39, 0.29) is 29.8 Å². The largest absolute Gasteiger partial charge is 0.367 e. The number of halogens is 2. The predicted octanol–water partition coefficient (Wildman–Crippen LogP) is 3.52. The smallest absolute Gasteiger partial charge is 0.193 e. The Bertz CT molecular complexity index is 891. The molecule has 1 aliphatic rings. The van der Waals surface area contributed by atoms with Crippen molar-refractivity contribution in [3.63, 3.8) is 0 Å². The fourth-order valence-electron chi connectivity index (χ4n) is 4.30. The molecule has 0 bridgehead atoms. The van der Waals surface area contributed by atoms with Gasteiger partial charge in [0.2, 0.25) is 0 Å². The summed E-state index contributed by atoms with van der Waals surface area (Å²) in [6, 6.07) is 7.05. The molecule has 184 valence electrons. The highest BCUT2D eigenvalue weighted by molar-refractivity contribution is 14.0. The molecule has 1 aromatic heterocycles. The number of benzene rings is 1. The van der Waals surface area contributed by atoms with Gasteiger partial charge in [-0.15, -0.1) is 24.0 Å². The van der Waals surface area contributed by atoms with Crippen molar-refractivity contribution in [3.05, 3.63) is 47.5 Å². The molecule has 0 radical (unpaired) electrons. The quantitative estimate of drug-likeness (QED) is 0.228. The minimum atomic E-state index is -0.132. The van der Waals surface area contributed by atoms with Crippen LogP contribution in [-0.4, -0.2) is 78.9 Å². The summed E-state index contributed by atoms with van der Waals surface area (Å²) in [5.74, 6) is 1.16. The van der Waals surface area contributed by atoms with Crippen LogP contribution in [0.4, 0.5) is 10.1 Å². The van der Waals surface area contributed by atoms with E-state index >= 15 is 0 Å². The lowest BCUT2D eigenvalue weighted by molar-refractivity contribution is 0.254. The molecular weight excluding hydrogens is 532 g/mol. The van der Waals surface area contributed by atoms with Gasteiger partial charge in [-0.2, -0.15) is 5.10 Å². The zero-order chi connectivity index (χ0) is 23.1. The van der Waals surface area contributed by atoms with Gasteiger partial charge in [0, 0.05) is 72.2 Å². The Balaban J connectivity index is 0.00000385. The summed E-state index contributed by atoms with van der Waals surface area (Å²) in [7, 11) is 5.86. The summed E-state index contributed by atoms with van der Waals surface area (Å²) in [5.41, 5.74) is 3.10. The predicted molar refractivity (Wildman–Crippen MR) is 145 cm³/mol. The molecule has 0 atom stereocenters. The van der Waals surface area contributed by atoms with Crippen LogP contribution < -0.4 is 10.2 Å². The molecule has 2 heterocycles. The van der Waals surface area contributed by atoms with Crippen molar-refractivity contribution in [3.8, 4) is 0 Å². The average Bonchev–Trinajstić information content (AvgIpc) is 3.15. The number of hydrogen-bond donors (Lipinski definition) is 1. The third kappa shape index (κ3) is 7.56. The zero-order valence-electron chi connectivity index (χ0n) is 20.6. The van der Waals surface area contributed by atoms with E-state index in [1.807, 2.05) is 30.9 Å². The van der Waals surface area contributed by atoms with Crippen molar-refractivity contribution in [1.29, 1.82) is 0 Å². The molecule has 1 aromatic carbocycles. The van der Waals surface area contributed by atoms with Gasteiger partial charge in [0.1, 0.15) is 5.82 Å². The number of aliphatic imine (C=N–C) groups is 1. The maximum atomic E-state index is 14.0. The van der Waals surface area contributed by atoms with Gasteiger partial charge in [-0.05, 0) is 31.0 Å². The van der Waals surface area contributed by atoms with Crippen LogP contribution in [-0.2, 0) is 13.6 Å². The molecule has 1 saturated heterocycles. The van der Waals surface area contributed by atoms with Crippen LogP contribution in [0.3, 0.4) is 0 Å². The van der Waals surface area contributed by atoms with Crippen molar-refractivity contribution >= 4 is 35.6 Å². The second-order valence-electron chi connectivity index (χ2n) is 8.83. The standard InChI is InChI=1S/C24H38FN7.HI/c1-19(2)23-20(18-30(5)28-23)17-29(4)24(26-3)27-11-8-12-31-13-15-32(16-14-31)22-10-7-6-9-21(22)25;/h6-7,9-10,18-19H,8,11-17H2,1-5H3,(H,26,27);1H. The Hall–Kier alpha value is -1.88. The molecular formula is C24H39FIN7. The monoisotopic (exact) mass is 571 g/mol. The fraction of sp³-hybridized carbons (Fsp3) is 0.583. The molecule has 0 unspecified atom stereocenters. The van der Waals surface area contributed by atoms with E-state index in [4.69, 9.17) is 0 Å². The van der Waals surface area contributed by atoms with E-state index in [9.17, 15) is 4.39 Å². The van der Waals surface area contributed by atoms with Gasteiger partial charge >= 0.3 is 0 Å². The third-order valence-corrected chi connectivity index (χ3v) is 5.96. The first-order chi connectivity index (χ1) is 15.4. The van der Waals surface area contributed by atoms with Crippen LogP contribution in [0.1, 0.15) is 37.4 Å². The van der Waals surface area contributed by atoms with Crippen molar-refractivity contribution in [1.82, 2.24) is 24.9 Å². The van der Waals surface area contributed by atoms with Crippen molar-refractivity contribution in [2.24, 2.45) is 12.0 Å². The van der Waals surface area contributed by atoms with Crippen LogP contribution in [0.15, 0.2) is 35.5 Å². The molecule has 2 aromatic rings. The summed E-state index contributed by atoms with van der Waals surface area (Å²) >= 11 is 0. The number of hydrogen-bond acceptors (Lipinski definition) is 4. The average molecular weight is 572 g/mol. The lowest BCUT2D eigenvalue weighted by Gasteiger charge is -2.36. The molecule has 0 spiro atoms. The first-order valence-electron chi connectivity index (χ1n) is 11.5. The van der Waals surface area contributed by atoms with Crippen LogP contribution in [0.5, 0.6) is 0 Å². The molecule has 7 nitrogen and oxygen atoms in total. The van der Waals surface area contributed by atoms with Crippen molar-refractivity contribution in [2.45, 2.75) is 32.7 Å². The first kappa shape index (κ1) is 27.4. The molecule has 33 heavy (non-hydrogen) atoms. The van der Waals surface area contributed by atoms with Crippen molar-refractivity contribution in [2.75, 3.05) is 58.3 Å². The Labute approximate surface area is 215 Å². The lowest BCUT2D eigenvalue weighted by atomic mass is 10.1. The molecule has 0 saturated carbocycles. The molecule has 9 heteroatoms. The van der Waals surface area contributed by atoms with Gasteiger partial charge in [-0.1, -0.05) is 26.0 Å². The topological polar surface area (TPSA) is 51.9 Å². The maximum absolute atomic E-state index is 14.0. The van der Waals surface area contributed by atoms with E-state index in [1.165, 1.54) is 11.6 Å². The van der Waals surface area contributed by atoms with Gasteiger partial charge in [-0.3, -0.25) is 14.6 Å². The Kier molecular flexibility index (Phi) is 10.9. The van der Waals surface area contributed by atoms with Gasteiger partial charge in [0.25, 0.3) is 0 Å². The normalized spacial score (nSPS) is 15.0. The van der Waals surface area contributed by atoms with Crippen LogP contribution in [0.2, 0.25) is 0 Å². The zero-order valence-corrected chi connectivity index (χ0v) is 22.9. The molecule has 1 fully saturated rings. The summed E-state index contributed by atoms with van der Waals surface area (Å²) in [5, 5.41) is 8.09. The van der Waals surface area contributed by atoms with E-state index < -0.39 is 0 Å². The highest BCUT2D eigenvalue weighted by Crippen LogP contribution is 2.20. The second kappa shape index (κ2) is 13.1. The molecule has 1 aliphatic heterocycles. The number of guanidine groups is 1. The summed E-state index contributed by atoms with van der Waals surface area (Å²) in [4.78, 5) is 11.2. The fourth-order valence-corrected chi connectivity index (χ4v) is 4.30. The molecule has 1 N–H and O–H groups in total. The van der Waals surface area contributed by atoms with E-state index in [1.54, 1.807) is 6.07 Å². The molecule has 3 rings (SSSR count). The summed E-state index contributed by atoms with van der Waals surface area (Å²) < 4.78 is 15.9. The number of rotatable bonds is 8. The number of piperazine rings is 1. The van der Waals surface area contributed by atoms with Crippen LogP contribution in [0, 0.1) is 5.82 Å². The number of aryl methyl sites for hydroxylation is 1. The Morgan fingerprint density at radius 3 is 2.55 bits per heavy atom. The first-order valence-corrected chi connectivity index (χ1v) is 11.5. The number of nitrogens with one attached hydrogen (secondary N) is 1. The van der Waals surface area contributed by atoms with Crippen molar-refractivity contribution < 1.29 is 4.39 Å². The van der Waals surface area contributed by atoms with Gasteiger partial charge in [0.15, 0.2) is 5.96 Å². The summed E-state index contributed by atoms with van der Waals surface area (Å²) in [6.07, 6.45) is 3.14. The summed E-state index contributed by atoms with van der Waals surface area (Å²) in [6.45, 7) is 10.7. The highest BCUT2D eigenvalue weighted by atomic mass is 127. The van der Waals surface area contributed by atoms with Gasteiger partial charge in [0.05, 0.1) is 11.4 Å². The number of anilines is 1. The van der Waals surface area contributed by atoms with Gasteiger partial charge < -0.3 is 15.1 Å². The van der Waals surface area contributed by atoms with Crippen LogP contribution >= 0.6 is 24.0 Å². The SMILES string of the molecule is CN=C(NCCCN1CCN(c2ccccc2F)CC1)N(C)Cc1cn(C)nc1C(C)C.I. The number of para-hydroxylation sites is 1. The van der Waals surface area contributed by atoms with Crippen LogP contribution in [0.25, 0.3) is 0 Å². The maximum Gasteiger partial charge on any atom is 0.193 e. The van der Waals surface area contributed by atoms with E-state index in [2.05, 4.69) is 57.2 Å². The molecule has 0 aliphatic carbocycles. The Morgan fingerprint density at radius 2 is 1.91 bits per heavy atom. The number of nitrogens with zero attached hydrogens (tertiary/aromatic N) is 6. The number of aromatic nitrogens is 2. The minimum Gasteiger partial charge on any atom is -0.367 e. The second-order valence-corrected chi connectivity index (χ2v) is 8.83.